The minimum atomic E-state index is 0.0290. The molecule has 1 aromatic heterocycles. The predicted molar refractivity (Wildman–Crippen MR) is 79.0 cm³/mol. The highest BCUT2D eigenvalue weighted by Gasteiger charge is 2.53. The number of carbonyl (C=O) groups is 1. The molecule has 0 atom stereocenters. The molecule has 2 heteroatoms. The summed E-state index contributed by atoms with van der Waals surface area (Å²) in [6.45, 7) is 0. The highest BCUT2D eigenvalue weighted by atomic mass is 32.1. The highest BCUT2D eigenvalue weighted by Crippen LogP contribution is 2.60. The molecule has 0 spiro atoms. The topological polar surface area (TPSA) is 17.1 Å². The van der Waals surface area contributed by atoms with Gasteiger partial charge in [0, 0.05) is 5.41 Å². The maximum absolute atomic E-state index is 12.7. The Morgan fingerprint density at radius 3 is 2.32 bits per heavy atom. The van der Waals surface area contributed by atoms with E-state index in [2.05, 4.69) is 16.8 Å². The molecule has 1 heterocycles. The van der Waals surface area contributed by atoms with E-state index in [-0.39, 0.29) is 5.41 Å². The molecule has 4 saturated carbocycles. The van der Waals surface area contributed by atoms with Crippen molar-refractivity contribution >= 4 is 23.2 Å². The second-order valence-corrected chi connectivity index (χ2v) is 7.73. The number of hydrogen-bond donors (Lipinski definition) is 0. The van der Waals surface area contributed by atoms with E-state index in [0.29, 0.717) is 5.78 Å². The quantitative estimate of drug-likeness (QED) is 0.738. The summed E-state index contributed by atoms with van der Waals surface area (Å²) in [6.07, 6.45) is 11.6. The molecule has 19 heavy (non-hydrogen) atoms. The monoisotopic (exact) mass is 272 g/mol. The van der Waals surface area contributed by atoms with Crippen molar-refractivity contribution in [2.75, 3.05) is 0 Å². The van der Waals surface area contributed by atoms with Gasteiger partial charge in [-0.3, -0.25) is 4.79 Å². The molecule has 4 fully saturated rings. The van der Waals surface area contributed by atoms with Crippen LogP contribution in [0.25, 0.3) is 6.08 Å². The molecule has 4 aliphatic carbocycles. The maximum atomic E-state index is 12.7. The zero-order valence-corrected chi connectivity index (χ0v) is 12.0. The van der Waals surface area contributed by atoms with E-state index < -0.39 is 0 Å². The lowest BCUT2D eigenvalue weighted by Crippen LogP contribution is -2.49. The molecular weight excluding hydrogens is 252 g/mol. The average molecular weight is 272 g/mol. The second-order valence-electron chi connectivity index (χ2n) is 6.95. The maximum Gasteiger partial charge on any atom is 0.161 e. The van der Waals surface area contributed by atoms with Crippen LogP contribution in [0.5, 0.6) is 0 Å². The van der Waals surface area contributed by atoms with Crippen molar-refractivity contribution in [1.82, 2.24) is 0 Å². The Bertz CT molecular complexity index is 476. The Labute approximate surface area is 118 Å². The van der Waals surface area contributed by atoms with Gasteiger partial charge in [0.25, 0.3) is 0 Å². The molecule has 5 rings (SSSR count). The standard InChI is InChI=1S/C17H20OS/c18-16(2-1-12-3-4-19-11-12)17-8-13-5-14(9-17)7-15(6-13)10-17/h1-4,11,13-15H,5-10H2/b2-1+. The SMILES string of the molecule is O=C(/C=C/c1ccsc1)C12CC3CC(CC(C3)C1)C2. The van der Waals surface area contributed by atoms with Crippen molar-refractivity contribution in [2.45, 2.75) is 38.5 Å². The van der Waals surface area contributed by atoms with Gasteiger partial charge < -0.3 is 0 Å². The van der Waals surface area contributed by atoms with Crippen LogP contribution in [0.4, 0.5) is 0 Å². The molecule has 4 bridgehead atoms. The molecule has 0 amide bonds. The van der Waals surface area contributed by atoms with Crippen LogP contribution < -0.4 is 0 Å². The fourth-order valence-electron chi connectivity index (χ4n) is 5.13. The number of carbonyl (C=O) groups excluding carboxylic acids is 1. The largest absolute Gasteiger partial charge is 0.294 e. The minimum absolute atomic E-state index is 0.0290. The summed E-state index contributed by atoms with van der Waals surface area (Å²) in [7, 11) is 0. The van der Waals surface area contributed by atoms with Crippen LogP contribution in [0, 0.1) is 23.2 Å². The van der Waals surface area contributed by atoms with Crippen LogP contribution in [0.1, 0.15) is 44.1 Å². The summed E-state index contributed by atoms with van der Waals surface area (Å²) >= 11 is 1.69. The molecule has 4 aliphatic rings. The van der Waals surface area contributed by atoms with Crippen LogP contribution in [0.15, 0.2) is 22.9 Å². The van der Waals surface area contributed by atoms with E-state index in [9.17, 15) is 4.79 Å². The molecule has 0 radical (unpaired) electrons. The number of hydrogen-bond acceptors (Lipinski definition) is 2. The van der Waals surface area contributed by atoms with E-state index in [0.717, 1.165) is 17.8 Å². The normalized spacial score (nSPS) is 40.1. The zero-order valence-electron chi connectivity index (χ0n) is 11.2. The lowest BCUT2D eigenvalue weighted by atomic mass is 9.48. The Morgan fingerprint density at radius 1 is 1.16 bits per heavy atom. The summed E-state index contributed by atoms with van der Waals surface area (Å²) in [4.78, 5) is 12.7. The Kier molecular flexibility index (Phi) is 2.70. The predicted octanol–water partition coefficient (Wildman–Crippen LogP) is 4.55. The summed E-state index contributed by atoms with van der Waals surface area (Å²) < 4.78 is 0. The number of allylic oxidation sites excluding steroid dienone is 1. The van der Waals surface area contributed by atoms with Crippen LogP contribution >= 0.6 is 11.3 Å². The number of thiophene rings is 1. The summed E-state index contributed by atoms with van der Waals surface area (Å²) in [5, 5.41) is 4.17. The van der Waals surface area contributed by atoms with Gasteiger partial charge in [0.1, 0.15) is 0 Å². The summed E-state index contributed by atoms with van der Waals surface area (Å²) in [5.74, 6) is 2.97. The Morgan fingerprint density at radius 2 is 1.79 bits per heavy atom. The van der Waals surface area contributed by atoms with Gasteiger partial charge in [-0.25, -0.2) is 0 Å². The molecule has 1 aromatic rings. The van der Waals surface area contributed by atoms with Crippen molar-refractivity contribution < 1.29 is 4.79 Å². The third kappa shape index (κ3) is 2.01. The lowest BCUT2D eigenvalue weighted by Gasteiger charge is -2.55. The Hall–Kier alpha value is -0.890. The van der Waals surface area contributed by atoms with Crippen LogP contribution in [-0.2, 0) is 4.79 Å². The molecule has 1 nitrogen and oxygen atoms in total. The van der Waals surface area contributed by atoms with Gasteiger partial charge in [-0.2, -0.15) is 11.3 Å². The van der Waals surface area contributed by atoms with Crippen LogP contribution in [0.3, 0.4) is 0 Å². The van der Waals surface area contributed by atoms with Gasteiger partial charge in [0.15, 0.2) is 5.78 Å². The first-order chi connectivity index (χ1) is 9.23. The molecule has 0 unspecified atom stereocenters. The summed E-state index contributed by atoms with van der Waals surface area (Å²) in [6, 6.07) is 2.08. The third-order valence-electron chi connectivity index (χ3n) is 5.53. The van der Waals surface area contributed by atoms with E-state index in [1.807, 2.05) is 12.2 Å². The van der Waals surface area contributed by atoms with Crippen molar-refractivity contribution in [3.8, 4) is 0 Å². The first kappa shape index (κ1) is 11.9. The van der Waals surface area contributed by atoms with Gasteiger partial charge in [0.05, 0.1) is 0 Å². The van der Waals surface area contributed by atoms with E-state index >= 15 is 0 Å². The van der Waals surface area contributed by atoms with E-state index in [1.54, 1.807) is 11.3 Å². The lowest BCUT2D eigenvalue weighted by molar-refractivity contribution is -0.138. The molecule has 0 aromatic carbocycles. The smallest absolute Gasteiger partial charge is 0.161 e. The fourth-order valence-corrected chi connectivity index (χ4v) is 5.76. The van der Waals surface area contributed by atoms with Crippen LogP contribution in [0.2, 0.25) is 0 Å². The van der Waals surface area contributed by atoms with E-state index in [4.69, 9.17) is 0 Å². The van der Waals surface area contributed by atoms with Crippen LogP contribution in [-0.4, -0.2) is 5.78 Å². The zero-order chi connectivity index (χ0) is 12.9. The second kappa shape index (κ2) is 4.31. The first-order valence-corrected chi connectivity index (χ1v) is 8.42. The van der Waals surface area contributed by atoms with Gasteiger partial charge in [0.2, 0.25) is 0 Å². The number of ketones is 1. The molecule has 100 valence electrons. The number of rotatable bonds is 3. The molecule has 0 aliphatic heterocycles. The fraction of sp³-hybridized carbons (Fsp3) is 0.588. The van der Waals surface area contributed by atoms with Gasteiger partial charge in [-0.05, 0) is 84.7 Å². The molecule has 0 saturated heterocycles. The van der Waals surface area contributed by atoms with Gasteiger partial charge >= 0.3 is 0 Å². The minimum Gasteiger partial charge on any atom is -0.294 e. The van der Waals surface area contributed by atoms with Gasteiger partial charge in [-0.1, -0.05) is 6.08 Å². The Balaban J connectivity index is 1.56. The average Bonchev–Trinajstić information content (AvgIpc) is 2.87. The molecular formula is C17H20OS. The van der Waals surface area contributed by atoms with Crippen molar-refractivity contribution in [3.05, 3.63) is 28.5 Å². The third-order valence-corrected chi connectivity index (χ3v) is 6.23. The van der Waals surface area contributed by atoms with E-state index in [1.165, 1.54) is 44.1 Å². The van der Waals surface area contributed by atoms with Crippen molar-refractivity contribution in [2.24, 2.45) is 23.2 Å². The molecule has 0 N–H and O–H groups in total. The summed E-state index contributed by atoms with van der Waals surface area (Å²) in [5.41, 5.74) is 1.20. The first-order valence-electron chi connectivity index (χ1n) is 7.48. The van der Waals surface area contributed by atoms with Gasteiger partial charge in [-0.15, -0.1) is 0 Å². The highest BCUT2D eigenvalue weighted by molar-refractivity contribution is 7.08. The van der Waals surface area contributed by atoms with Crippen molar-refractivity contribution in [3.63, 3.8) is 0 Å². The van der Waals surface area contributed by atoms with Crippen molar-refractivity contribution in [1.29, 1.82) is 0 Å².